The van der Waals surface area contributed by atoms with Gasteiger partial charge in [0, 0.05) is 22.7 Å². The maximum atomic E-state index is 6.25. The van der Waals surface area contributed by atoms with E-state index in [9.17, 15) is 0 Å². The molecular formula is C20H15Cl2N2+. The van der Waals surface area contributed by atoms with Gasteiger partial charge in [0.2, 0.25) is 11.2 Å². The van der Waals surface area contributed by atoms with Gasteiger partial charge in [-0.25, -0.2) is 0 Å². The summed E-state index contributed by atoms with van der Waals surface area (Å²) < 4.78 is 2.18. The minimum atomic E-state index is 0.541. The van der Waals surface area contributed by atoms with E-state index < -0.39 is 0 Å². The third-order valence-corrected chi connectivity index (χ3v) is 5.12. The zero-order valence-electron chi connectivity index (χ0n) is 13.1. The zero-order chi connectivity index (χ0) is 16.8. The van der Waals surface area contributed by atoms with E-state index in [1.54, 1.807) is 0 Å². The summed E-state index contributed by atoms with van der Waals surface area (Å²) in [7, 11) is 2.06. The maximum absolute atomic E-state index is 6.25. The van der Waals surface area contributed by atoms with E-state index in [0.717, 1.165) is 27.8 Å². The van der Waals surface area contributed by atoms with Gasteiger partial charge in [0.25, 0.3) is 0 Å². The Morgan fingerprint density at radius 3 is 2.38 bits per heavy atom. The van der Waals surface area contributed by atoms with Crippen LogP contribution >= 0.6 is 23.2 Å². The van der Waals surface area contributed by atoms with Crippen molar-refractivity contribution < 1.29 is 4.57 Å². The second-order valence-corrected chi connectivity index (χ2v) is 6.67. The molecule has 1 aromatic heterocycles. The molecule has 0 aliphatic carbocycles. The van der Waals surface area contributed by atoms with Gasteiger partial charge in [-0.3, -0.25) is 0 Å². The van der Waals surface area contributed by atoms with Crippen LogP contribution in [0.5, 0.6) is 0 Å². The van der Waals surface area contributed by atoms with Crippen LogP contribution in [0.2, 0.25) is 10.0 Å². The van der Waals surface area contributed by atoms with Gasteiger partial charge in [0.05, 0.1) is 20.8 Å². The molecule has 0 aliphatic heterocycles. The number of pyridine rings is 1. The number of rotatable bonds is 1. The highest BCUT2D eigenvalue weighted by atomic mass is 35.5. The molecule has 0 saturated heterocycles. The summed E-state index contributed by atoms with van der Waals surface area (Å²) in [4.78, 5) is 0. The first-order valence-corrected chi connectivity index (χ1v) is 8.37. The van der Waals surface area contributed by atoms with E-state index in [-0.39, 0.29) is 0 Å². The molecule has 3 aromatic carbocycles. The minimum absolute atomic E-state index is 0.541. The maximum Gasteiger partial charge on any atom is 0.220 e. The largest absolute Gasteiger partial charge is 0.399 e. The number of aromatic nitrogens is 1. The highest BCUT2D eigenvalue weighted by Gasteiger charge is 2.21. The van der Waals surface area contributed by atoms with Crippen LogP contribution in [0.3, 0.4) is 0 Å². The lowest BCUT2D eigenvalue weighted by Crippen LogP contribution is -2.32. The molecule has 2 nitrogen and oxygen atoms in total. The lowest BCUT2D eigenvalue weighted by Gasteiger charge is -2.10. The zero-order valence-corrected chi connectivity index (χ0v) is 14.6. The summed E-state index contributed by atoms with van der Waals surface area (Å²) in [5.74, 6) is 0. The number of hydrogen-bond donors (Lipinski definition) is 1. The lowest BCUT2D eigenvalue weighted by atomic mass is 9.99. The van der Waals surface area contributed by atoms with Crippen LogP contribution in [0.4, 0.5) is 5.69 Å². The van der Waals surface area contributed by atoms with Crippen LogP contribution in [0.25, 0.3) is 32.9 Å². The van der Waals surface area contributed by atoms with Crippen molar-refractivity contribution in [2.75, 3.05) is 5.73 Å². The van der Waals surface area contributed by atoms with Crippen LogP contribution < -0.4 is 10.3 Å². The standard InChI is InChI=1S/C20H15Cl2N2/c1-24-19-5-3-2-4-15(19)14-8-7-13(23)11-16(14)20(24)12-6-9-17(21)18(22)10-12/h2-11H,23H2,1H3/q+1. The van der Waals surface area contributed by atoms with Crippen LogP contribution in [-0.4, -0.2) is 0 Å². The number of nitrogens with two attached hydrogens (primary N) is 1. The fourth-order valence-corrected chi connectivity index (χ4v) is 3.58. The Labute approximate surface area is 150 Å². The number of anilines is 1. The highest BCUT2D eigenvalue weighted by Crippen LogP contribution is 2.34. The fourth-order valence-electron chi connectivity index (χ4n) is 3.28. The molecule has 0 amide bonds. The summed E-state index contributed by atoms with van der Waals surface area (Å²) in [6.07, 6.45) is 0. The number of aryl methyl sites for hydroxylation is 1. The van der Waals surface area contributed by atoms with Crippen molar-refractivity contribution in [2.45, 2.75) is 0 Å². The molecule has 1 heterocycles. The van der Waals surface area contributed by atoms with E-state index in [4.69, 9.17) is 28.9 Å². The highest BCUT2D eigenvalue weighted by molar-refractivity contribution is 6.42. The molecule has 0 unspecified atom stereocenters. The summed E-state index contributed by atoms with van der Waals surface area (Å²) in [6.45, 7) is 0. The Bertz CT molecular complexity index is 1100. The number of nitrogens with zero attached hydrogens (tertiary/aromatic N) is 1. The van der Waals surface area contributed by atoms with Crippen molar-refractivity contribution in [3.63, 3.8) is 0 Å². The summed E-state index contributed by atoms with van der Waals surface area (Å²) in [6, 6.07) is 20.1. The van der Waals surface area contributed by atoms with E-state index in [1.807, 2.05) is 36.4 Å². The van der Waals surface area contributed by atoms with E-state index in [0.29, 0.717) is 10.0 Å². The molecule has 4 rings (SSSR count). The van der Waals surface area contributed by atoms with Crippen molar-refractivity contribution >= 4 is 50.6 Å². The minimum Gasteiger partial charge on any atom is -0.399 e. The number of hydrogen-bond acceptors (Lipinski definition) is 1. The topological polar surface area (TPSA) is 29.9 Å². The van der Waals surface area contributed by atoms with Crippen molar-refractivity contribution in [2.24, 2.45) is 7.05 Å². The number of para-hydroxylation sites is 1. The number of nitrogen functional groups attached to an aromatic ring is 1. The van der Waals surface area contributed by atoms with Crippen LogP contribution in [0, 0.1) is 0 Å². The molecular weight excluding hydrogens is 339 g/mol. The van der Waals surface area contributed by atoms with Crippen molar-refractivity contribution in [1.82, 2.24) is 0 Å². The van der Waals surface area contributed by atoms with Gasteiger partial charge in [0.15, 0.2) is 0 Å². The first-order chi connectivity index (χ1) is 11.6. The summed E-state index contributed by atoms with van der Waals surface area (Å²) in [5.41, 5.74) is 10.0. The second kappa shape index (κ2) is 5.66. The molecule has 24 heavy (non-hydrogen) atoms. The van der Waals surface area contributed by atoms with E-state index >= 15 is 0 Å². The van der Waals surface area contributed by atoms with Gasteiger partial charge in [-0.05, 0) is 36.4 Å². The Morgan fingerprint density at radius 1 is 0.792 bits per heavy atom. The lowest BCUT2D eigenvalue weighted by molar-refractivity contribution is -0.632. The van der Waals surface area contributed by atoms with E-state index in [2.05, 4.69) is 35.9 Å². The third-order valence-electron chi connectivity index (χ3n) is 4.38. The second-order valence-electron chi connectivity index (χ2n) is 5.86. The van der Waals surface area contributed by atoms with Gasteiger partial charge < -0.3 is 5.73 Å². The predicted octanol–water partition coefficient (Wildman–Crippen LogP) is 5.37. The molecule has 0 spiro atoms. The van der Waals surface area contributed by atoms with Crippen LogP contribution in [0.15, 0.2) is 60.7 Å². The average Bonchev–Trinajstić information content (AvgIpc) is 2.58. The number of fused-ring (bicyclic) bond motifs is 3. The molecule has 2 N–H and O–H groups in total. The normalized spacial score (nSPS) is 11.3. The first-order valence-electron chi connectivity index (χ1n) is 7.61. The molecule has 0 atom stereocenters. The quantitative estimate of drug-likeness (QED) is 0.278. The molecule has 0 aliphatic rings. The van der Waals surface area contributed by atoms with Gasteiger partial charge in [-0.15, -0.1) is 0 Å². The fraction of sp³-hybridized carbons (Fsp3) is 0.0500. The molecule has 118 valence electrons. The average molecular weight is 354 g/mol. The summed E-state index contributed by atoms with van der Waals surface area (Å²) >= 11 is 12.3. The molecule has 0 radical (unpaired) electrons. The summed E-state index contributed by atoms with van der Waals surface area (Å²) in [5, 5.41) is 4.54. The number of benzene rings is 3. The van der Waals surface area contributed by atoms with Gasteiger partial charge in [-0.1, -0.05) is 41.4 Å². The Kier molecular flexibility index (Phi) is 3.60. The number of halogens is 2. The molecule has 4 aromatic rings. The van der Waals surface area contributed by atoms with Gasteiger partial charge in [0.1, 0.15) is 7.05 Å². The van der Waals surface area contributed by atoms with Crippen molar-refractivity contribution in [1.29, 1.82) is 0 Å². The van der Waals surface area contributed by atoms with Crippen LogP contribution in [-0.2, 0) is 7.05 Å². The first kappa shape index (κ1) is 15.3. The van der Waals surface area contributed by atoms with Gasteiger partial charge >= 0.3 is 0 Å². The van der Waals surface area contributed by atoms with Crippen LogP contribution in [0.1, 0.15) is 0 Å². The monoisotopic (exact) mass is 353 g/mol. The Balaban J connectivity index is 2.21. The smallest absolute Gasteiger partial charge is 0.220 e. The molecule has 0 fully saturated rings. The third kappa shape index (κ3) is 2.31. The SMILES string of the molecule is C[n+]1c(-c2ccc(Cl)c(Cl)c2)c2cc(N)ccc2c2ccccc21. The van der Waals surface area contributed by atoms with Crippen molar-refractivity contribution in [3.8, 4) is 11.3 Å². The Hall–Kier alpha value is -2.29. The Morgan fingerprint density at radius 2 is 1.58 bits per heavy atom. The van der Waals surface area contributed by atoms with Crippen molar-refractivity contribution in [3.05, 3.63) is 70.7 Å². The molecule has 4 heteroatoms. The van der Waals surface area contributed by atoms with E-state index in [1.165, 1.54) is 10.8 Å². The molecule has 0 saturated carbocycles. The predicted molar refractivity (Wildman–Crippen MR) is 102 cm³/mol. The van der Waals surface area contributed by atoms with Gasteiger partial charge in [-0.2, -0.15) is 4.57 Å². The molecule has 0 bridgehead atoms.